The first-order chi connectivity index (χ1) is 4.93. The van der Waals surface area contributed by atoms with Crippen molar-refractivity contribution in [2.24, 2.45) is 0 Å². The van der Waals surface area contributed by atoms with E-state index in [2.05, 4.69) is 23.7 Å². The van der Waals surface area contributed by atoms with Crippen molar-refractivity contribution in [3.63, 3.8) is 0 Å². The van der Waals surface area contributed by atoms with Crippen molar-refractivity contribution >= 4 is 0 Å². The number of hydrogen-bond donors (Lipinski definition) is 0. The third-order valence-electron chi connectivity index (χ3n) is 1.01. The number of aromatic nitrogens is 1. The predicted molar refractivity (Wildman–Crippen MR) is 41.1 cm³/mol. The summed E-state index contributed by atoms with van der Waals surface area (Å²) in [6, 6.07) is 5.66. The molecule has 1 aromatic rings. The zero-order chi connectivity index (χ0) is 7.23. The lowest BCUT2D eigenvalue weighted by atomic mass is 10.3. The van der Waals surface area contributed by atoms with Gasteiger partial charge < -0.3 is 0 Å². The molecule has 1 heteroatoms. The molecule has 0 aliphatic rings. The Labute approximate surface area is 61.1 Å². The van der Waals surface area contributed by atoms with E-state index in [1.165, 1.54) is 0 Å². The highest BCUT2D eigenvalue weighted by molar-refractivity contribution is 5.26. The van der Waals surface area contributed by atoms with Crippen LogP contribution < -0.4 is 0 Å². The smallest absolute Gasteiger partial charge is 0.113 e. The van der Waals surface area contributed by atoms with Gasteiger partial charge in [0.05, 0.1) is 0 Å². The molecule has 0 bridgehead atoms. The molecule has 0 aliphatic heterocycles. The van der Waals surface area contributed by atoms with Gasteiger partial charge in [0.1, 0.15) is 5.69 Å². The van der Waals surface area contributed by atoms with Crippen molar-refractivity contribution in [3.8, 4) is 11.8 Å². The minimum Gasteiger partial charge on any atom is -0.248 e. The second-order valence-corrected chi connectivity index (χ2v) is 1.77. The molecule has 1 heterocycles. The fourth-order valence-corrected chi connectivity index (χ4v) is 0.590. The maximum Gasteiger partial charge on any atom is 0.113 e. The Hall–Kier alpha value is -1.29. The Balaban J connectivity index is 2.76. The van der Waals surface area contributed by atoms with Gasteiger partial charge in [-0.2, -0.15) is 0 Å². The molecule has 1 rings (SSSR count). The lowest BCUT2D eigenvalue weighted by molar-refractivity contribution is 1.28. The Morgan fingerprint density at radius 1 is 1.50 bits per heavy atom. The molecule has 49 valence electrons. The molecule has 0 saturated carbocycles. The van der Waals surface area contributed by atoms with Crippen LogP contribution in [-0.4, -0.2) is 4.98 Å². The summed E-state index contributed by atoms with van der Waals surface area (Å²) in [6.45, 7) is 3.60. The van der Waals surface area contributed by atoms with E-state index in [0.29, 0.717) is 6.42 Å². The van der Waals surface area contributed by atoms with E-state index in [-0.39, 0.29) is 0 Å². The summed E-state index contributed by atoms with van der Waals surface area (Å²) in [5, 5.41) is 0. The summed E-state index contributed by atoms with van der Waals surface area (Å²) < 4.78 is 0. The Morgan fingerprint density at radius 2 is 2.40 bits per heavy atom. The van der Waals surface area contributed by atoms with Gasteiger partial charge in [-0.3, -0.25) is 0 Å². The summed E-state index contributed by atoms with van der Waals surface area (Å²) >= 11 is 0. The molecule has 1 radical (unpaired) electrons. The lowest BCUT2D eigenvalue weighted by Crippen LogP contribution is -1.77. The van der Waals surface area contributed by atoms with Crippen LogP contribution in [0, 0.1) is 18.8 Å². The minimum atomic E-state index is 0.635. The van der Waals surface area contributed by atoms with E-state index < -0.39 is 0 Å². The molecule has 1 nitrogen and oxygen atoms in total. The van der Waals surface area contributed by atoms with Crippen LogP contribution in [0.1, 0.15) is 12.1 Å². The van der Waals surface area contributed by atoms with E-state index in [4.69, 9.17) is 0 Å². The predicted octanol–water partition coefficient (Wildman–Crippen LogP) is 1.66. The fourth-order valence-electron chi connectivity index (χ4n) is 0.590. The molecule has 0 fully saturated rings. The highest BCUT2D eigenvalue weighted by Gasteiger charge is 1.80. The van der Waals surface area contributed by atoms with Crippen LogP contribution >= 0.6 is 0 Å². The van der Waals surface area contributed by atoms with E-state index >= 15 is 0 Å². The monoisotopic (exact) mass is 130 g/mol. The molecule has 0 N–H and O–H groups in total. The van der Waals surface area contributed by atoms with E-state index in [9.17, 15) is 0 Å². The Kier molecular flexibility index (Phi) is 2.51. The summed E-state index contributed by atoms with van der Waals surface area (Å²) in [5.41, 5.74) is 0.811. The highest BCUT2D eigenvalue weighted by atomic mass is 14.6. The summed E-state index contributed by atoms with van der Waals surface area (Å²) in [5.74, 6) is 5.71. The van der Waals surface area contributed by atoms with Gasteiger partial charge in [-0.05, 0) is 25.0 Å². The highest BCUT2D eigenvalue weighted by Crippen LogP contribution is 1.88. The summed E-state index contributed by atoms with van der Waals surface area (Å²) in [7, 11) is 0. The van der Waals surface area contributed by atoms with Gasteiger partial charge in [0.15, 0.2) is 0 Å². The third kappa shape index (κ3) is 1.91. The molecule has 1 aromatic heterocycles. The zero-order valence-electron chi connectivity index (χ0n) is 5.67. The van der Waals surface area contributed by atoms with Crippen LogP contribution in [0.4, 0.5) is 0 Å². The largest absolute Gasteiger partial charge is 0.248 e. The Bertz CT molecular complexity index is 240. The number of hydrogen-bond acceptors (Lipinski definition) is 1. The molecule has 0 amide bonds. The van der Waals surface area contributed by atoms with Gasteiger partial charge in [0.2, 0.25) is 0 Å². The number of nitrogens with zero attached hydrogens (tertiary/aromatic N) is 1. The molecule has 0 aromatic carbocycles. The van der Waals surface area contributed by atoms with Crippen molar-refractivity contribution in [1.29, 1.82) is 0 Å². The number of pyridine rings is 1. The minimum absolute atomic E-state index is 0.635. The quantitative estimate of drug-likeness (QED) is 0.487. The summed E-state index contributed by atoms with van der Waals surface area (Å²) in [4.78, 5) is 4.01. The SMILES string of the molecule is [CH2]CC#Cc1ccccn1. The van der Waals surface area contributed by atoms with Crippen LogP contribution in [-0.2, 0) is 0 Å². The standard InChI is InChI=1S/C9H8N/c1-2-3-6-9-7-4-5-8-10-9/h4-5,7-8H,1-2H2. The van der Waals surface area contributed by atoms with Crippen molar-refractivity contribution in [2.45, 2.75) is 6.42 Å². The summed E-state index contributed by atoms with van der Waals surface area (Å²) in [6.07, 6.45) is 2.36. The maximum atomic E-state index is 4.01. The van der Waals surface area contributed by atoms with Crippen LogP contribution in [0.3, 0.4) is 0 Å². The van der Waals surface area contributed by atoms with Gasteiger partial charge in [0.25, 0.3) is 0 Å². The van der Waals surface area contributed by atoms with Crippen LogP contribution in [0.25, 0.3) is 0 Å². The first kappa shape index (κ1) is 6.82. The number of rotatable bonds is 0. The van der Waals surface area contributed by atoms with Gasteiger partial charge in [-0.1, -0.05) is 12.0 Å². The normalized spacial score (nSPS) is 8.10. The first-order valence-electron chi connectivity index (χ1n) is 3.12. The molecule has 0 saturated heterocycles. The van der Waals surface area contributed by atoms with Crippen molar-refractivity contribution in [3.05, 3.63) is 37.0 Å². The van der Waals surface area contributed by atoms with Crippen molar-refractivity contribution < 1.29 is 0 Å². The van der Waals surface area contributed by atoms with Gasteiger partial charge in [0, 0.05) is 12.6 Å². The molecule has 0 spiro atoms. The van der Waals surface area contributed by atoms with Crippen LogP contribution in [0.2, 0.25) is 0 Å². The van der Waals surface area contributed by atoms with Crippen LogP contribution in [0.5, 0.6) is 0 Å². The lowest BCUT2D eigenvalue weighted by Gasteiger charge is -1.83. The average Bonchev–Trinajstić information content (AvgIpc) is 2.03. The second kappa shape index (κ2) is 3.68. The van der Waals surface area contributed by atoms with E-state index in [1.54, 1.807) is 6.20 Å². The Morgan fingerprint density at radius 3 is 3.00 bits per heavy atom. The average molecular weight is 130 g/mol. The fraction of sp³-hybridized carbons (Fsp3) is 0.111. The first-order valence-corrected chi connectivity index (χ1v) is 3.12. The molecular weight excluding hydrogens is 122 g/mol. The molecule has 0 atom stereocenters. The van der Waals surface area contributed by atoms with Crippen LogP contribution in [0.15, 0.2) is 24.4 Å². The van der Waals surface area contributed by atoms with Gasteiger partial charge >= 0.3 is 0 Å². The third-order valence-corrected chi connectivity index (χ3v) is 1.01. The van der Waals surface area contributed by atoms with E-state index in [0.717, 1.165) is 5.69 Å². The van der Waals surface area contributed by atoms with Gasteiger partial charge in [-0.15, -0.1) is 0 Å². The molecule has 10 heavy (non-hydrogen) atoms. The zero-order valence-corrected chi connectivity index (χ0v) is 5.67. The second-order valence-electron chi connectivity index (χ2n) is 1.77. The van der Waals surface area contributed by atoms with E-state index in [1.807, 2.05) is 18.2 Å². The van der Waals surface area contributed by atoms with Crippen molar-refractivity contribution in [2.75, 3.05) is 0 Å². The molecule has 0 unspecified atom stereocenters. The topological polar surface area (TPSA) is 12.9 Å². The van der Waals surface area contributed by atoms with Gasteiger partial charge in [-0.25, -0.2) is 4.98 Å². The maximum absolute atomic E-state index is 4.01. The molecule has 0 aliphatic carbocycles. The van der Waals surface area contributed by atoms with Crippen molar-refractivity contribution in [1.82, 2.24) is 4.98 Å². The molecular formula is C9H8N.